The number of unbranched alkanes of at least 4 members (excludes halogenated alkanes) is 7. The summed E-state index contributed by atoms with van der Waals surface area (Å²) in [6.07, 6.45) is 20.7. The first kappa shape index (κ1) is 22.4. The van der Waals surface area contributed by atoms with Gasteiger partial charge in [0, 0.05) is 6.92 Å². The highest BCUT2D eigenvalue weighted by Gasteiger charge is 2.17. The summed E-state index contributed by atoms with van der Waals surface area (Å²) in [5.74, 6) is -1.23. The van der Waals surface area contributed by atoms with Crippen molar-refractivity contribution >= 4 is 11.9 Å². The number of hydrogen-bond donors (Lipinski definition) is 2. The number of aliphatic carboxylic acids is 1. The third-order valence-electron chi connectivity index (χ3n) is 3.87. The maximum atomic E-state index is 11.0. The molecule has 0 aromatic heterocycles. The van der Waals surface area contributed by atoms with Crippen LogP contribution < -0.4 is 5.32 Å². The fourth-order valence-electron chi connectivity index (χ4n) is 2.49. The van der Waals surface area contributed by atoms with E-state index in [9.17, 15) is 9.59 Å². The van der Waals surface area contributed by atoms with Gasteiger partial charge in [-0.05, 0) is 38.5 Å². The summed E-state index contributed by atoms with van der Waals surface area (Å²) < 4.78 is 0. The first-order valence-corrected chi connectivity index (χ1v) is 9.37. The molecule has 0 heterocycles. The van der Waals surface area contributed by atoms with Crippen LogP contribution in [-0.4, -0.2) is 23.0 Å². The van der Waals surface area contributed by atoms with Crippen LogP contribution in [0.1, 0.15) is 84.5 Å². The zero-order chi connectivity index (χ0) is 18.0. The highest BCUT2D eigenvalue weighted by atomic mass is 16.4. The highest BCUT2D eigenvalue weighted by Crippen LogP contribution is 2.09. The van der Waals surface area contributed by atoms with E-state index < -0.39 is 12.0 Å². The number of rotatable bonds is 15. The quantitative estimate of drug-likeness (QED) is 0.326. The average molecular weight is 338 g/mol. The largest absolute Gasteiger partial charge is 0.480 e. The standard InChI is InChI=1S/C20H35NO3/c1-3-4-5-6-7-8-9-10-11-12-13-14-15-16-17-19(20(23)24)21-18(2)22/h7-8,10-11,19H,3-6,9,12-17H2,1-2H3,(H,21,22)(H,23,24)/b8-7-,11-10-. The number of nitrogens with one attached hydrogen (secondary N) is 1. The molecule has 1 atom stereocenters. The first-order chi connectivity index (χ1) is 11.6. The minimum absolute atomic E-state index is 0.285. The summed E-state index contributed by atoms with van der Waals surface area (Å²) in [7, 11) is 0. The van der Waals surface area contributed by atoms with E-state index in [4.69, 9.17) is 5.11 Å². The zero-order valence-electron chi connectivity index (χ0n) is 15.4. The van der Waals surface area contributed by atoms with E-state index in [1.165, 1.54) is 32.6 Å². The molecule has 1 amide bonds. The second-order valence-corrected chi connectivity index (χ2v) is 6.26. The van der Waals surface area contributed by atoms with E-state index in [0.717, 1.165) is 38.5 Å². The summed E-state index contributed by atoms with van der Waals surface area (Å²) in [4.78, 5) is 21.9. The van der Waals surface area contributed by atoms with Crippen molar-refractivity contribution in [1.82, 2.24) is 5.32 Å². The van der Waals surface area contributed by atoms with Crippen molar-refractivity contribution in [1.29, 1.82) is 0 Å². The number of allylic oxidation sites excluding steroid dienone is 4. The molecule has 4 heteroatoms. The molecule has 1 unspecified atom stereocenters. The number of amides is 1. The molecule has 138 valence electrons. The molecule has 0 aliphatic carbocycles. The molecule has 0 bridgehead atoms. The van der Waals surface area contributed by atoms with Crippen LogP contribution in [0.3, 0.4) is 0 Å². The SMILES string of the molecule is CCCCC/C=C\C/C=C\CCCCCCC(NC(C)=O)C(=O)O. The van der Waals surface area contributed by atoms with Crippen LogP contribution in [0.25, 0.3) is 0 Å². The van der Waals surface area contributed by atoms with Crippen LogP contribution in [0.4, 0.5) is 0 Å². The first-order valence-electron chi connectivity index (χ1n) is 9.37. The maximum absolute atomic E-state index is 11.0. The molecular formula is C20H35NO3. The maximum Gasteiger partial charge on any atom is 0.326 e. The van der Waals surface area contributed by atoms with Gasteiger partial charge in [-0.25, -0.2) is 4.79 Å². The van der Waals surface area contributed by atoms with Crippen molar-refractivity contribution in [2.45, 2.75) is 90.5 Å². The Bertz CT molecular complexity index is 388. The Kier molecular flexibility index (Phi) is 15.2. The van der Waals surface area contributed by atoms with Gasteiger partial charge in [0.05, 0.1) is 0 Å². The number of carbonyl (C=O) groups is 2. The molecular weight excluding hydrogens is 302 g/mol. The summed E-state index contributed by atoms with van der Waals surface area (Å²) in [6, 6.07) is -0.744. The molecule has 2 N–H and O–H groups in total. The molecule has 0 saturated heterocycles. The van der Waals surface area contributed by atoms with Crippen molar-refractivity contribution in [3.8, 4) is 0 Å². The van der Waals surface area contributed by atoms with Crippen LogP contribution in [-0.2, 0) is 9.59 Å². The molecule has 0 radical (unpaired) electrons. The second kappa shape index (κ2) is 16.3. The third-order valence-corrected chi connectivity index (χ3v) is 3.87. The molecule has 0 rings (SSSR count). The zero-order valence-corrected chi connectivity index (χ0v) is 15.4. The van der Waals surface area contributed by atoms with Gasteiger partial charge < -0.3 is 10.4 Å². The van der Waals surface area contributed by atoms with Gasteiger partial charge in [-0.2, -0.15) is 0 Å². The molecule has 0 aromatic rings. The Hall–Kier alpha value is -1.58. The van der Waals surface area contributed by atoms with Crippen LogP contribution in [0.5, 0.6) is 0 Å². The van der Waals surface area contributed by atoms with Gasteiger partial charge in [-0.1, -0.05) is 63.3 Å². The lowest BCUT2D eigenvalue weighted by Gasteiger charge is -2.12. The van der Waals surface area contributed by atoms with Crippen molar-refractivity contribution in [2.24, 2.45) is 0 Å². The summed E-state index contributed by atoms with van der Waals surface area (Å²) >= 11 is 0. The van der Waals surface area contributed by atoms with Gasteiger partial charge in [0.2, 0.25) is 5.91 Å². The monoisotopic (exact) mass is 337 g/mol. The van der Waals surface area contributed by atoms with Gasteiger partial charge >= 0.3 is 5.97 Å². The average Bonchev–Trinajstić information content (AvgIpc) is 2.53. The lowest BCUT2D eigenvalue weighted by atomic mass is 10.1. The van der Waals surface area contributed by atoms with Crippen LogP contribution >= 0.6 is 0 Å². The molecule has 0 aliphatic rings. The van der Waals surface area contributed by atoms with Crippen molar-refractivity contribution < 1.29 is 14.7 Å². The van der Waals surface area contributed by atoms with E-state index in [1.807, 2.05) is 0 Å². The van der Waals surface area contributed by atoms with E-state index >= 15 is 0 Å². The normalized spacial score (nSPS) is 12.8. The highest BCUT2D eigenvalue weighted by molar-refractivity contribution is 5.81. The topological polar surface area (TPSA) is 66.4 Å². The van der Waals surface area contributed by atoms with Gasteiger partial charge in [-0.3, -0.25) is 4.79 Å². The lowest BCUT2D eigenvalue weighted by molar-refractivity contribution is -0.141. The molecule has 24 heavy (non-hydrogen) atoms. The Labute approximate surface area is 147 Å². The molecule has 0 fully saturated rings. The molecule has 0 spiro atoms. The van der Waals surface area contributed by atoms with Crippen LogP contribution in [0.15, 0.2) is 24.3 Å². The predicted octanol–water partition coefficient (Wildman–Crippen LogP) is 5.00. The summed E-state index contributed by atoms with van der Waals surface area (Å²) in [5.41, 5.74) is 0. The third kappa shape index (κ3) is 15.3. The number of carboxylic acid groups (broad SMARTS) is 1. The number of carboxylic acids is 1. The fourth-order valence-corrected chi connectivity index (χ4v) is 2.49. The number of hydrogen-bond acceptors (Lipinski definition) is 2. The number of carbonyl (C=O) groups excluding carboxylic acids is 1. The van der Waals surface area contributed by atoms with E-state index in [1.54, 1.807) is 0 Å². The second-order valence-electron chi connectivity index (χ2n) is 6.26. The van der Waals surface area contributed by atoms with Crippen LogP contribution in [0.2, 0.25) is 0 Å². The molecule has 0 aromatic carbocycles. The van der Waals surface area contributed by atoms with Crippen LogP contribution in [0, 0.1) is 0 Å². The van der Waals surface area contributed by atoms with E-state index in [0.29, 0.717) is 6.42 Å². The molecule has 0 aliphatic heterocycles. The van der Waals surface area contributed by atoms with Gasteiger partial charge in [0.15, 0.2) is 0 Å². The van der Waals surface area contributed by atoms with Gasteiger partial charge in [0.25, 0.3) is 0 Å². The van der Waals surface area contributed by atoms with Crippen molar-refractivity contribution in [3.63, 3.8) is 0 Å². The van der Waals surface area contributed by atoms with Gasteiger partial charge in [0.1, 0.15) is 6.04 Å². The van der Waals surface area contributed by atoms with E-state index in [-0.39, 0.29) is 5.91 Å². The Morgan fingerprint density at radius 3 is 2.04 bits per heavy atom. The minimum atomic E-state index is -0.948. The Morgan fingerprint density at radius 2 is 1.50 bits per heavy atom. The van der Waals surface area contributed by atoms with Gasteiger partial charge in [-0.15, -0.1) is 0 Å². The summed E-state index contributed by atoms with van der Waals surface area (Å²) in [5, 5.41) is 11.5. The Balaban J connectivity index is 3.51. The predicted molar refractivity (Wildman–Crippen MR) is 100.0 cm³/mol. The fraction of sp³-hybridized carbons (Fsp3) is 0.700. The minimum Gasteiger partial charge on any atom is -0.480 e. The molecule has 4 nitrogen and oxygen atoms in total. The lowest BCUT2D eigenvalue weighted by Crippen LogP contribution is -2.39. The molecule has 0 saturated carbocycles. The van der Waals surface area contributed by atoms with E-state index in [2.05, 4.69) is 36.5 Å². The smallest absolute Gasteiger partial charge is 0.326 e. The van der Waals surface area contributed by atoms with Crippen molar-refractivity contribution in [2.75, 3.05) is 0 Å². The summed E-state index contributed by atoms with van der Waals surface area (Å²) in [6.45, 7) is 3.57. The Morgan fingerprint density at radius 1 is 0.917 bits per heavy atom. The van der Waals surface area contributed by atoms with Crippen molar-refractivity contribution in [3.05, 3.63) is 24.3 Å².